The van der Waals surface area contributed by atoms with Crippen molar-refractivity contribution in [2.24, 2.45) is 0 Å². The van der Waals surface area contributed by atoms with Crippen molar-refractivity contribution in [3.63, 3.8) is 0 Å². The van der Waals surface area contributed by atoms with Gasteiger partial charge in [-0.25, -0.2) is 9.66 Å². The minimum Gasteiger partial charge on any atom is -0.493 e. The lowest BCUT2D eigenvalue weighted by molar-refractivity contribution is -0.117. The molecule has 0 unspecified atom stereocenters. The molecule has 1 N–H and O–H groups in total. The zero-order chi connectivity index (χ0) is 18.7. The van der Waals surface area contributed by atoms with Gasteiger partial charge in [-0.05, 0) is 43.5 Å². The largest absolute Gasteiger partial charge is 0.493 e. The van der Waals surface area contributed by atoms with Crippen LogP contribution in [0.4, 0.5) is 0 Å². The molecule has 6 nitrogen and oxygen atoms in total. The predicted octanol–water partition coefficient (Wildman–Crippen LogP) is 3.18. The number of hydrogen-bond acceptors (Lipinski definition) is 5. The SMILES string of the molecule is CCc1cc2c(=O)n(NC(=O)CCOc3cc(C)ccc3C)cnc2s1. The van der Waals surface area contributed by atoms with Gasteiger partial charge in [0, 0.05) is 4.88 Å². The minimum atomic E-state index is -0.301. The highest BCUT2D eigenvalue weighted by molar-refractivity contribution is 7.18. The number of aromatic nitrogens is 2. The summed E-state index contributed by atoms with van der Waals surface area (Å²) in [5.41, 5.74) is 4.42. The number of carbonyl (C=O) groups excluding carboxylic acids is 1. The number of ether oxygens (including phenoxy) is 1. The van der Waals surface area contributed by atoms with Crippen molar-refractivity contribution in [3.8, 4) is 5.75 Å². The Kier molecular flexibility index (Phi) is 5.37. The highest BCUT2D eigenvalue weighted by Crippen LogP contribution is 2.21. The van der Waals surface area contributed by atoms with Gasteiger partial charge >= 0.3 is 0 Å². The number of fused-ring (bicyclic) bond motifs is 1. The molecule has 7 heteroatoms. The molecule has 0 bridgehead atoms. The van der Waals surface area contributed by atoms with Crippen LogP contribution in [0.25, 0.3) is 10.2 Å². The summed E-state index contributed by atoms with van der Waals surface area (Å²) in [6, 6.07) is 7.77. The number of rotatable bonds is 6. The Morgan fingerprint density at radius 2 is 2.12 bits per heavy atom. The van der Waals surface area contributed by atoms with E-state index in [1.165, 1.54) is 17.7 Å². The molecule has 0 atom stereocenters. The number of thiophene rings is 1. The molecule has 3 aromatic rings. The van der Waals surface area contributed by atoms with Gasteiger partial charge in [0.2, 0.25) is 5.91 Å². The van der Waals surface area contributed by atoms with Crippen LogP contribution in [0, 0.1) is 13.8 Å². The molecule has 2 aromatic heterocycles. The van der Waals surface area contributed by atoms with Crippen LogP contribution in [0.5, 0.6) is 5.75 Å². The maximum Gasteiger partial charge on any atom is 0.280 e. The third-order valence-electron chi connectivity index (χ3n) is 4.03. The van der Waals surface area contributed by atoms with E-state index < -0.39 is 0 Å². The molecule has 0 saturated heterocycles. The first-order valence-corrected chi connectivity index (χ1v) is 9.29. The molecule has 0 aliphatic heterocycles. The van der Waals surface area contributed by atoms with Gasteiger partial charge < -0.3 is 4.74 Å². The molecule has 0 aliphatic carbocycles. The summed E-state index contributed by atoms with van der Waals surface area (Å²) in [6.07, 6.45) is 2.34. The minimum absolute atomic E-state index is 0.141. The summed E-state index contributed by atoms with van der Waals surface area (Å²) < 4.78 is 6.82. The van der Waals surface area contributed by atoms with Crippen LogP contribution in [0.3, 0.4) is 0 Å². The number of nitrogens with zero attached hydrogens (tertiary/aromatic N) is 2. The standard InChI is InChI=1S/C19H21N3O3S/c1-4-14-10-15-18(26-14)20-11-22(19(15)24)21-17(23)7-8-25-16-9-12(2)5-6-13(16)3/h5-6,9-11H,4,7-8H2,1-3H3,(H,21,23). The van der Waals surface area contributed by atoms with Crippen molar-refractivity contribution in [3.05, 3.63) is 57.0 Å². The van der Waals surface area contributed by atoms with Crippen LogP contribution in [0.2, 0.25) is 0 Å². The van der Waals surface area contributed by atoms with Crippen LogP contribution in [0.15, 0.2) is 35.4 Å². The highest BCUT2D eigenvalue weighted by Gasteiger charge is 2.10. The molecule has 136 valence electrons. The zero-order valence-electron chi connectivity index (χ0n) is 15.0. The van der Waals surface area contributed by atoms with E-state index in [9.17, 15) is 9.59 Å². The Labute approximate surface area is 155 Å². The van der Waals surface area contributed by atoms with Crippen molar-refractivity contribution in [1.82, 2.24) is 9.66 Å². The Morgan fingerprint density at radius 1 is 1.31 bits per heavy atom. The fourth-order valence-corrected chi connectivity index (χ4v) is 3.46. The summed E-state index contributed by atoms with van der Waals surface area (Å²) in [5, 5.41) is 0.529. The lowest BCUT2D eigenvalue weighted by Crippen LogP contribution is -2.33. The molecule has 26 heavy (non-hydrogen) atoms. The quantitative estimate of drug-likeness (QED) is 0.722. The highest BCUT2D eigenvalue weighted by atomic mass is 32.1. The average molecular weight is 371 g/mol. The van der Waals surface area contributed by atoms with E-state index >= 15 is 0 Å². The van der Waals surface area contributed by atoms with E-state index in [0.717, 1.165) is 32.9 Å². The second-order valence-corrected chi connectivity index (χ2v) is 7.22. The van der Waals surface area contributed by atoms with Gasteiger partial charge in [-0.3, -0.25) is 15.0 Å². The predicted molar refractivity (Wildman–Crippen MR) is 104 cm³/mol. The van der Waals surface area contributed by atoms with Gasteiger partial charge in [0.1, 0.15) is 16.9 Å². The van der Waals surface area contributed by atoms with E-state index in [0.29, 0.717) is 10.2 Å². The van der Waals surface area contributed by atoms with Crippen molar-refractivity contribution >= 4 is 27.5 Å². The third-order valence-corrected chi connectivity index (χ3v) is 5.21. The van der Waals surface area contributed by atoms with Gasteiger partial charge in [0.05, 0.1) is 18.4 Å². The van der Waals surface area contributed by atoms with E-state index in [-0.39, 0.29) is 24.5 Å². The molecular weight excluding hydrogens is 350 g/mol. The smallest absolute Gasteiger partial charge is 0.280 e. The number of amides is 1. The first kappa shape index (κ1) is 18.1. The average Bonchev–Trinajstić information content (AvgIpc) is 3.05. The van der Waals surface area contributed by atoms with Crippen LogP contribution in [-0.2, 0) is 11.2 Å². The van der Waals surface area contributed by atoms with Crippen molar-refractivity contribution in [1.29, 1.82) is 0 Å². The fraction of sp³-hybridized carbons (Fsp3) is 0.316. The van der Waals surface area contributed by atoms with E-state index in [4.69, 9.17) is 4.74 Å². The number of carbonyl (C=O) groups is 1. The molecule has 3 rings (SSSR count). The maximum atomic E-state index is 12.5. The zero-order valence-corrected chi connectivity index (χ0v) is 15.9. The molecule has 0 spiro atoms. The number of benzene rings is 1. The first-order chi connectivity index (χ1) is 12.5. The summed E-state index contributed by atoms with van der Waals surface area (Å²) in [4.78, 5) is 30.6. The molecule has 1 amide bonds. The van der Waals surface area contributed by atoms with Crippen LogP contribution in [0.1, 0.15) is 29.3 Å². The van der Waals surface area contributed by atoms with Gasteiger partial charge in [0.15, 0.2) is 0 Å². The molecule has 0 radical (unpaired) electrons. The molecular formula is C19H21N3O3S. The summed E-state index contributed by atoms with van der Waals surface area (Å²) in [7, 11) is 0. The van der Waals surface area contributed by atoms with Crippen molar-refractivity contribution in [2.75, 3.05) is 12.0 Å². The summed E-state index contributed by atoms with van der Waals surface area (Å²) in [5.74, 6) is 0.466. The second kappa shape index (κ2) is 7.70. The molecule has 1 aromatic carbocycles. The Hall–Kier alpha value is -2.67. The maximum absolute atomic E-state index is 12.5. The van der Waals surface area contributed by atoms with Crippen molar-refractivity contribution < 1.29 is 9.53 Å². The topological polar surface area (TPSA) is 73.2 Å². The third kappa shape index (κ3) is 3.94. The van der Waals surface area contributed by atoms with E-state index in [1.807, 2.05) is 45.0 Å². The Balaban J connectivity index is 1.63. The lowest BCUT2D eigenvalue weighted by Gasteiger charge is -2.11. The molecule has 0 saturated carbocycles. The number of hydrogen-bond donors (Lipinski definition) is 1. The van der Waals surface area contributed by atoms with Gasteiger partial charge in [-0.2, -0.15) is 0 Å². The second-order valence-electron chi connectivity index (χ2n) is 6.11. The first-order valence-electron chi connectivity index (χ1n) is 8.48. The fourth-order valence-electron chi connectivity index (χ4n) is 2.53. The van der Waals surface area contributed by atoms with E-state index in [2.05, 4.69) is 10.4 Å². The molecule has 2 heterocycles. The molecule has 0 fully saturated rings. The lowest BCUT2D eigenvalue weighted by atomic mass is 10.1. The Bertz CT molecular complexity index is 1010. The number of nitrogens with one attached hydrogen (secondary N) is 1. The van der Waals surface area contributed by atoms with E-state index in [1.54, 1.807) is 0 Å². The summed E-state index contributed by atoms with van der Waals surface area (Å²) >= 11 is 1.50. The molecule has 0 aliphatic rings. The monoisotopic (exact) mass is 371 g/mol. The Morgan fingerprint density at radius 3 is 2.88 bits per heavy atom. The van der Waals surface area contributed by atoms with Crippen LogP contribution in [-0.4, -0.2) is 22.2 Å². The van der Waals surface area contributed by atoms with Crippen LogP contribution < -0.4 is 15.7 Å². The number of aryl methyl sites for hydroxylation is 3. The summed E-state index contributed by atoms with van der Waals surface area (Å²) in [6.45, 7) is 6.21. The van der Waals surface area contributed by atoms with Gasteiger partial charge in [0.25, 0.3) is 5.56 Å². The van der Waals surface area contributed by atoms with Gasteiger partial charge in [-0.15, -0.1) is 11.3 Å². The van der Waals surface area contributed by atoms with Crippen molar-refractivity contribution in [2.45, 2.75) is 33.6 Å². The normalized spacial score (nSPS) is 10.9. The van der Waals surface area contributed by atoms with Gasteiger partial charge in [-0.1, -0.05) is 19.1 Å². The van der Waals surface area contributed by atoms with Crippen LogP contribution >= 0.6 is 11.3 Å².